The molecule has 0 aliphatic carbocycles. The minimum atomic E-state index is -1.15. The van der Waals surface area contributed by atoms with Crippen LogP contribution in [0.4, 0.5) is 9.18 Å². The van der Waals surface area contributed by atoms with Gasteiger partial charge >= 0.3 is 12.1 Å². The van der Waals surface area contributed by atoms with Gasteiger partial charge in [-0.15, -0.1) is 0 Å². The molecule has 1 aromatic rings. The highest BCUT2D eigenvalue weighted by Crippen LogP contribution is 2.33. The van der Waals surface area contributed by atoms with Crippen molar-refractivity contribution < 1.29 is 24.2 Å². The van der Waals surface area contributed by atoms with Gasteiger partial charge in [-0.05, 0) is 17.7 Å². The van der Waals surface area contributed by atoms with Gasteiger partial charge in [-0.2, -0.15) is 0 Å². The van der Waals surface area contributed by atoms with E-state index in [1.807, 2.05) is 0 Å². The van der Waals surface area contributed by atoms with Crippen molar-refractivity contribution >= 4 is 12.1 Å². The van der Waals surface area contributed by atoms with Gasteiger partial charge < -0.3 is 15.1 Å². The zero-order valence-corrected chi connectivity index (χ0v) is 9.41. The molecule has 1 saturated heterocycles. The Bertz CT molecular complexity index is 491. The first kappa shape index (κ1) is 12.3. The number of hydrogen-bond acceptors (Lipinski definition) is 2. The van der Waals surface area contributed by atoms with E-state index < -0.39 is 29.7 Å². The number of halogens is 1. The first-order chi connectivity index (χ1) is 8.49. The second-order valence-electron chi connectivity index (χ2n) is 4.29. The number of carboxylic acids is 1. The number of nitrogens with zero attached hydrogens (tertiary/aromatic N) is 1. The topological polar surface area (TPSA) is 77.8 Å². The molecule has 2 rings (SSSR count). The van der Waals surface area contributed by atoms with Gasteiger partial charge in [0.2, 0.25) is 0 Å². The number of hydrogen-bond donors (Lipinski definition) is 2. The molecule has 2 atom stereocenters. The Morgan fingerprint density at radius 1 is 1.28 bits per heavy atom. The molecule has 1 fully saturated rings. The van der Waals surface area contributed by atoms with Crippen LogP contribution >= 0.6 is 0 Å². The fraction of sp³-hybridized carbons (Fsp3) is 0.333. The Balaban J connectivity index is 2.30. The highest BCUT2D eigenvalue weighted by atomic mass is 19.1. The molecule has 1 aromatic carbocycles. The van der Waals surface area contributed by atoms with E-state index in [-0.39, 0.29) is 13.1 Å². The molecule has 5 nitrogen and oxygen atoms in total. The van der Waals surface area contributed by atoms with Crippen molar-refractivity contribution in [2.45, 2.75) is 5.92 Å². The molecule has 0 saturated carbocycles. The fourth-order valence-electron chi connectivity index (χ4n) is 2.29. The molecule has 1 amide bonds. The van der Waals surface area contributed by atoms with Crippen molar-refractivity contribution in [3.8, 4) is 0 Å². The maximum Gasteiger partial charge on any atom is 0.407 e. The Hall–Kier alpha value is -2.11. The number of aliphatic carboxylic acids is 1. The first-order valence-corrected chi connectivity index (χ1v) is 5.45. The summed E-state index contributed by atoms with van der Waals surface area (Å²) in [4.78, 5) is 23.0. The summed E-state index contributed by atoms with van der Waals surface area (Å²) in [7, 11) is 0. The van der Waals surface area contributed by atoms with E-state index in [0.717, 1.165) is 4.90 Å². The lowest BCUT2D eigenvalue weighted by Gasteiger charge is -2.14. The Kier molecular flexibility index (Phi) is 3.18. The summed E-state index contributed by atoms with van der Waals surface area (Å²) in [6.07, 6.45) is -1.15. The van der Waals surface area contributed by atoms with E-state index in [4.69, 9.17) is 10.2 Å². The smallest absolute Gasteiger partial charge is 0.407 e. The van der Waals surface area contributed by atoms with Gasteiger partial charge in [-0.25, -0.2) is 9.18 Å². The summed E-state index contributed by atoms with van der Waals surface area (Å²) in [6, 6.07) is 5.64. The van der Waals surface area contributed by atoms with Crippen LogP contribution < -0.4 is 0 Å². The van der Waals surface area contributed by atoms with Crippen LogP contribution in [-0.4, -0.2) is 40.3 Å². The monoisotopic (exact) mass is 253 g/mol. The van der Waals surface area contributed by atoms with Crippen molar-refractivity contribution in [3.63, 3.8) is 0 Å². The Morgan fingerprint density at radius 3 is 2.56 bits per heavy atom. The summed E-state index contributed by atoms with van der Waals surface area (Å²) in [6.45, 7) is 0.0155. The minimum absolute atomic E-state index is 0.0636. The molecule has 18 heavy (non-hydrogen) atoms. The predicted molar refractivity (Wildman–Crippen MR) is 59.9 cm³/mol. The molecular weight excluding hydrogens is 241 g/mol. The lowest BCUT2D eigenvalue weighted by Crippen LogP contribution is -2.28. The van der Waals surface area contributed by atoms with Gasteiger partial charge in [0.05, 0.1) is 5.92 Å². The molecule has 2 N–H and O–H groups in total. The average Bonchev–Trinajstić information content (AvgIpc) is 2.73. The van der Waals surface area contributed by atoms with Gasteiger partial charge in [0.25, 0.3) is 0 Å². The third-order valence-corrected chi connectivity index (χ3v) is 3.18. The highest BCUT2D eigenvalue weighted by molar-refractivity contribution is 5.75. The number of amides is 1. The zero-order chi connectivity index (χ0) is 13.3. The molecule has 1 aliphatic rings. The Labute approximate surface area is 102 Å². The van der Waals surface area contributed by atoms with Crippen molar-refractivity contribution in [2.24, 2.45) is 5.92 Å². The van der Waals surface area contributed by atoms with Crippen molar-refractivity contribution in [1.29, 1.82) is 0 Å². The average molecular weight is 253 g/mol. The number of benzene rings is 1. The third-order valence-electron chi connectivity index (χ3n) is 3.18. The van der Waals surface area contributed by atoms with E-state index in [9.17, 15) is 14.0 Å². The third kappa shape index (κ3) is 2.27. The molecule has 0 aromatic heterocycles. The SMILES string of the molecule is O=C(O)C1CN(C(=O)O)CC1c1cccc(F)c1. The van der Waals surface area contributed by atoms with Crippen LogP contribution in [0.5, 0.6) is 0 Å². The number of carbonyl (C=O) groups is 2. The fourth-order valence-corrected chi connectivity index (χ4v) is 2.29. The predicted octanol–water partition coefficient (Wildman–Crippen LogP) is 1.60. The van der Waals surface area contributed by atoms with Crippen molar-refractivity contribution in [2.75, 3.05) is 13.1 Å². The van der Waals surface area contributed by atoms with Crippen LogP contribution in [0.25, 0.3) is 0 Å². The lowest BCUT2D eigenvalue weighted by molar-refractivity contribution is -0.141. The number of rotatable bonds is 2. The van der Waals surface area contributed by atoms with Gasteiger partial charge in [-0.1, -0.05) is 12.1 Å². The molecule has 0 spiro atoms. The molecule has 96 valence electrons. The lowest BCUT2D eigenvalue weighted by atomic mass is 9.89. The normalized spacial score (nSPS) is 23.1. The van der Waals surface area contributed by atoms with Crippen molar-refractivity contribution in [3.05, 3.63) is 35.6 Å². The van der Waals surface area contributed by atoms with Crippen LogP contribution in [0.3, 0.4) is 0 Å². The standard InChI is InChI=1S/C12H12FNO4/c13-8-3-1-2-7(4-8)9-5-14(12(17)18)6-10(9)11(15)16/h1-4,9-10H,5-6H2,(H,15,16)(H,17,18). The van der Waals surface area contributed by atoms with Crippen LogP contribution in [0, 0.1) is 11.7 Å². The molecule has 6 heteroatoms. The molecule has 2 unspecified atom stereocenters. The van der Waals surface area contributed by atoms with Crippen LogP contribution in [0.15, 0.2) is 24.3 Å². The van der Waals surface area contributed by atoms with E-state index in [1.54, 1.807) is 6.07 Å². The molecule has 1 heterocycles. The second kappa shape index (κ2) is 4.64. The molecule has 0 bridgehead atoms. The summed E-state index contributed by atoms with van der Waals surface area (Å²) >= 11 is 0. The zero-order valence-electron chi connectivity index (χ0n) is 9.41. The van der Waals surface area contributed by atoms with Gasteiger partial charge in [0.1, 0.15) is 5.82 Å². The van der Waals surface area contributed by atoms with Crippen molar-refractivity contribution in [1.82, 2.24) is 4.90 Å². The number of carboxylic acid groups (broad SMARTS) is 2. The molecule has 0 radical (unpaired) electrons. The summed E-state index contributed by atoms with van der Waals surface area (Å²) in [5.41, 5.74) is 0.520. The summed E-state index contributed by atoms with van der Waals surface area (Å²) in [5, 5.41) is 18.0. The summed E-state index contributed by atoms with van der Waals surface area (Å²) in [5.74, 6) is -2.85. The highest BCUT2D eigenvalue weighted by Gasteiger charge is 2.40. The van der Waals surface area contributed by atoms with Gasteiger partial charge in [-0.3, -0.25) is 4.79 Å². The summed E-state index contributed by atoms with van der Waals surface area (Å²) < 4.78 is 13.1. The van der Waals surface area contributed by atoms with Crippen LogP contribution in [0.1, 0.15) is 11.5 Å². The molecule has 1 aliphatic heterocycles. The van der Waals surface area contributed by atoms with E-state index in [0.29, 0.717) is 5.56 Å². The van der Waals surface area contributed by atoms with E-state index in [1.165, 1.54) is 18.2 Å². The maximum atomic E-state index is 13.1. The van der Waals surface area contributed by atoms with Crippen LogP contribution in [0.2, 0.25) is 0 Å². The minimum Gasteiger partial charge on any atom is -0.481 e. The van der Waals surface area contributed by atoms with Gasteiger partial charge in [0, 0.05) is 19.0 Å². The van der Waals surface area contributed by atoms with Crippen LogP contribution in [-0.2, 0) is 4.79 Å². The second-order valence-corrected chi connectivity index (χ2v) is 4.29. The van der Waals surface area contributed by atoms with Gasteiger partial charge in [0.15, 0.2) is 0 Å². The quantitative estimate of drug-likeness (QED) is 0.839. The largest absolute Gasteiger partial charge is 0.481 e. The molecular formula is C12H12FNO4. The van der Waals surface area contributed by atoms with E-state index in [2.05, 4.69) is 0 Å². The number of likely N-dealkylation sites (tertiary alicyclic amines) is 1. The Morgan fingerprint density at radius 2 is 2.00 bits per heavy atom. The van der Waals surface area contributed by atoms with E-state index >= 15 is 0 Å². The first-order valence-electron chi connectivity index (χ1n) is 5.45. The maximum absolute atomic E-state index is 13.1.